The van der Waals surface area contributed by atoms with E-state index >= 15 is 0 Å². The predicted molar refractivity (Wildman–Crippen MR) is 179 cm³/mol. The molecule has 0 spiro atoms. The fourth-order valence-corrected chi connectivity index (χ4v) is 6.97. The topological polar surface area (TPSA) is 127 Å². The Kier molecular flexibility index (Phi) is 10.2. The van der Waals surface area contributed by atoms with E-state index < -0.39 is 29.4 Å². The van der Waals surface area contributed by atoms with Gasteiger partial charge in [-0.1, -0.05) is 66.7 Å². The standard InChI is InChI=1S/C37H40N4O8/c1-26-32(34(43)47-23-27-10-5-3-6-11-27)33(28-14-15-30-31(22-28)49-25-48-30)41(36(45)38-26)40(24-42)19-9-18-39-20-16-37(17-21-39,35(44)46-2)29-12-7-4-8-13-29/h3-8,10-15,22,24,32-33H,9,16-21,23,25H2,1-2H3. The van der Waals surface area contributed by atoms with Crippen LogP contribution in [-0.4, -0.2) is 85.1 Å². The SMILES string of the molecule is COC(=O)C1(c2ccccc2)CCN(CCCN(C=O)N2C(=O)N=C(C)C(C(=O)OCc3ccccc3)C2c2ccc3c(c2)OCO3)CC1. The van der Waals surface area contributed by atoms with Gasteiger partial charge in [-0.05, 0) is 74.6 Å². The highest BCUT2D eigenvalue weighted by atomic mass is 16.7. The number of carbonyl (C=O) groups excluding carboxylic acids is 4. The predicted octanol–water partition coefficient (Wildman–Crippen LogP) is 4.68. The fraction of sp³-hybridized carbons (Fsp3) is 0.378. The number of esters is 2. The van der Waals surface area contributed by atoms with Crippen molar-refractivity contribution in [2.45, 2.75) is 44.2 Å². The molecule has 0 aromatic heterocycles. The summed E-state index contributed by atoms with van der Waals surface area (Å²) in [5.41, 5.74) is 1.90. The van der Waals surface area contributed by atoms with Gasteiger partial charge in [0.15, 0.2) is 11.5 Å². The third-order valence-electron chi connectivity index (χ3n) is 9.59. The summed E-state index contributed by atoms with van der Waals surface area (Å²) in [7, 11) is 1.42. The van der Waals surface area contributed by atoms with E-state index in [2.05, 4.69) is 9.89 Å². The summed E-state index contributed by atoms with van der Waals surface area (Å²) in [6, 6.07) is 22.6. The fourth-order valence-electron chi connectivity index (χ4n) is 6.97. The molecule has 2 atom stereocenters. The molecule has 256 valence electrons. The molecule has 0 radical (unpaired) electrons. The molecule has 3 aliphatic heterocycles. The van der Waals surface area contributed by atoms with Crippen molar-refractivity contribution in [1.82, 2.24) is 14.9 Å². The van der Waals surface area contributed by atoms with Gasteiger partial charge in [0, 0.05) is 12.3 Å². The maximum atomic E-state index is 13.8. The molecule has 1 saturated heterocycles. The number of likely N-dealkylation sites (tertiary alicyclic amines) is 1. The van der Waals surface area contributed by atoms with E-state index in [1.807, 2.05) is 60.7 Å². The minimum atomic E-state index is -0.990. The molecule has 0 bridgehead atoms. The van der Waals surface area contributed by atoms with Gasteiger partial charge >= 0.3 is 18.0 Å². The molecular formula is C37H40N4O8. The van der Waals surface area contributed by atoms with Gasteiger partial charge in [0.05, 0.1) is 18.6 Å². The number of methoxy groups -OCH3 is 1. The first kappa shape index (κ1) is 33.7. The molecule has 6 rings (SSSR count). The molecule has 3 aromatic rings. The lowest BCUT2D eigenvalue weighted by Crippen LogP contribution is -2.55. The van der Waals surface area contributed by atoms with Crippen LogP contribution in [0.25, 0.3) is 0 Å². The van der Waals surface area contributed by atoms with E-state index in [4.69, 9.17) is 18.9 Å². The van der Waals surface area contributed by atoms with Crippen LogP contribution in [0.4, 0.5) is 4.79 Å². The largest absolute Gasteiger partial charge is 0.468 e. The monoisotopic (exact) mass is 668 g/mol. The average Bonchev–Trinajstić information content (AvgIpc) is 3.61. The summed E-state index contributed by atoms with van der Waals surface area (Å²) in [4.78, 5) is 59.5. The molecule has 49 heavy (non-hydrogen) atoms. The molecule has 0 saturated carbocycles. The molecule has 1 fully saturated rings. The van der Waals surface area contributed by atoms with Gasteiger partial charge < -0.3 is 23.8 Å². The number of rotatable bonds is 12. The van der Waals surface area contributed by atoms with E-state index in [0.29, 0.717) is 62.4 Å². The summed E-state index contributed by atoms with van der Waals surface area (Å²) in [6.45, 7) is 3.85. The molecule has 3 heterocycles. The Morgan fingerprint density at radius 1 is 1.00 bits per heavy atom. The number of ether oxygens (including phenoxy) is 4. The zero-order chi connectivity index (χ0) is 34.4. The molecule has 3 aliphatic rings. The van der Waals surface area contributed by atoms with Crippen LogP contribution < -0.4 is 9.47 Å². The zero-order valence-electron chi connectivity index (χ0n) is 27.7. The second-order valence-electron chi connectivity index (χ2n) is 12.4. The van der Waals surface area contributed by atoms with E-state index in [9.17, 15) is 19.2 Å². The first-order chi connectivity index (χ1) is 23.8. The lowest BCUT2D eigenvalue weighted by Gasteiger charge is -2.43. The number of hydrazine groups is 1. The quantitative estimate of drug-likeness (QED) is 0.200. The number of urea groups is 1. The van der Waals surface area contributed by atoms with Gasteiger partial charge in [-0.15, -0.1) is 0 Å². The highest BCUT2D eigenvalue weighted by Gasteiger charge is 2.47. The van der Waals surface area contributed by atoms with Crippen molar-refractivity contribution in [3.8, 4) is 11.5 Å². The van der Waals surface area contributed by atoms with Crippen molar-refractivity contribution in [2.75, 3.05) is 40.1 Å². The number of nitrogens with zero attached hydrogens (tertiary/aromatic N) is 4. The maximum absolute atomic E-state index is 13.8. The highest BCUT2D eigenvalue weighted by Crippen LogP contribution is 2.41. The number of amides is 3. The van der Waals surface area contributed by atoms with E-state index in [1.165, 1.54) is 17.1 Å². The van der Waals surface area contributed by atoms with Crippen LogP contribution in [0.2, 0.25) is 0 Å². The number of piperidine rings is 1. The number of aliphatic imine (C=N–C) groups is 1. The van der Waals surface area contributed by atoms with Crippen molar-refractivity contribution in [3.63, 3.8) is 0 Å². The van der Waals surface area contributed by atoms with Crippen LogP contribution >= 0.6 is 0 Å². The van der Waals surface area contributed by atoms with Gasteiger partial charge in [0.1, 0.15) is 12.5 Å². The Morgan fingerprint density at radius 3 is 2.39 bits per heavy atom. The summed E-state index contributed by atoms with van der Waals surface area (Å²) < 4.78 is 22.1. The van der Waals surface area contributed by atoms with Crippen LogP contribution in [0, 0.1) is 5.92 Å². The Bertz CT molecular complexity index is 1690. The Hall–Kier alpha value is -5.23. The van der Waals surface area contributed by atoms with Crippen LogP contribution in [0.1, 0.15) is 48.9 Å². The molecule has 3 aromatic carbocycles. The third-order valence-corrected chi connectivity index (χ3v) is 9.59. The number of hydrogen-bond donors (Lipinski definition) is 0. The number of hydrogen-bond acceptors (Lipinski definition) is 9. The van der Waals surface area contributed by atoms with Crippen molar-refractivity contribution in [2.24, 2.45) is 10.9 Å². The number of carbonyl (C=O) groups is 4. The van der Waals surface area contributed by atoms with Crippen LogP contribution in [0.5, 0.6) is 11.5 Å². The van der Waals surface area contributed by atoms with Crippen molar-refractivity contribution in [3.05, 3.63) is 95.6 Å². The second-order valence-corrected chi connectivity index (χ2v) is 12.4. The van der Waals surface area contributed by atoms with Gasteiger partial charge in [-0.25, -0.2) is 14.8 Å². The van der Waals surface area contributed by atoms with Gasteiger partial charge in [0.2, 0.25) is 13.2 Å². The first-order valence-electron chi connectivity index (χ1n) is 16.4. The van der Waals surface area contributed by atoms with E-state index in [-0.39, 0.29) is 31.6 Å². The highest BCUT2D eigenvalue weighted by molar-refractivity contribution is 6.08. The first-order valence-corrected chi connectivity index (χ1v) is 16.4. The van der Waals surface area contributed by atoms with Crippen LogP contribution in [-0.2, 0) is 35.9 Å². The van der Waals surface area contributed by atoms with Gasteiger partial charge in [-0.2, -0.15) is 0 Å². The minimum Gasteiger partial charge on any atom is -0.468 e. The average molecular weight is 669 g/mol. The summed E-state index contributed by atoms with van der Waals surface area (Å²) >= 11 is 0. The molecule has 0 aliphatic carbocycles. The maximum Gasteiger partial charge on any atom is 0.362 e. The Labute approximate surface area is 285 Å². The van der Waals surface area contributed by atoms with E-state index in [0.717, 1.165) is 11.1 Å². The van der Waals surface area contributed by atoms with Gasteiger partial charge in [-0.3, -0.25) is 19.4 Å². The summed E-state index contributed by atoms with van der Waals surface area (Å²) in [5.74, 6) is -0.782. The number of benzene rings is 3. The van der Waals surface area contributed by atoms with E-state index in [1.54, 1.807) is 25.1 Å². The second kappa shape index (κ2) is 14.9. The molecular weight excluding hydrogens is 628 g/mol. The smallest absolute Gasteiger partial charge is 0.362 e. The Morgan fingerprint density at radius 2 is 1.69 bits per heavy atom. The molecule has 3 amide bonds. The summed E-state index contributed by atoms with van der Waals surface area (Å²) in [6.07, 6.45) is 2.31. The normalized spacial score (nSPS) is 19.9. The lowest BCUT2D eigenvalue weighted by molar-refractivity contribution is -0.154. The van der Waals surface area contributed by atoms with Crippen molar-refractivity contribution >= 4 is 30.1 Å². The van der Waals surface area contributed by atoms with Crippen LogP contribution in [0.3, 0.4) is 0 Å². The molecule has 12 heteroatoms. The van der Waals surface area contributed by atoms with Crippen molar-refractivity contribution < 1.29 is 38.1 Å². The lowest BCUT2D eigenvalue weighted by atomic mass is 9.72. The van der Waals surface area contributed by atoms with Crippen molar-refractivity contribution in [1.29, 1.82) is 0 Å². The van der Waals surface area contributed by atoms with Crippen LogP contribution in [0.15, 0.2) is 83.9 Å². The molecule has 2 unspecified atom stereocenters. The number of fused-ring (bicyclic) bond motifs is 1. The zero-order valence-corrected chi connectivity index (χ0v) is 27.7. The third kappa shape index (κ3) is 7.00. The molecule has 0 N–H and O–H groups in total. The minimum absolute atomic E-state index is 0.0417. The molecule has 12 nitrogen and oxygen atoms in total. The summed E-state index contributed by atoms with van der Waals surface area (Å²) in [5, 5.41) is 2.54. The van der Waals surface area contributed by atoms with Gasteiger partial charge in [0.25, 0.3) is 0 Å². The Balaban J connectivity index is 1.19.